The average Bonchev–Trinajstić information content (AvgIpc) is 2.31. The first kappa shape index (κ1) is 12.2. The topological polar surface area (TPSA) is 79.1 Å². The minimum atomic E-state index is -0.904. The molecule has 86 valence electrons. The van der Waals surface area contributed by atoms with E-state index in [4.69, 9.17) is 10.2 Å². The number of carbonyl (C=O) groups is 1. The van der Waals surface area contributed by atoms with Crippen LogP contribution in [0.4, 0.5) is 0 Å². The van der Waals surface area contributed by atoms with Crippen LogP contribution in [-0.4, -0.2) is 42.2 Å². The molecule has 5 heteroatoms. The van der Waals surface area contributed by atoms with Crippen molar-refractivity contribution >= 4 is 12.2 Å². The number of benzene rings is 1. The van der Waals surface area contributed by atoms with Crippen LogP contribution in [0.1, 0.15) is 5.56 Å². The zero-order valence-corrected chi connectivity index (χ0v) is 8.83. The van der Waals surface area contributed by atoms with E-state index < -0.39 is 18.6 Å². The number of phenolic OH excluding ortho intramolecular Hbond substituents is 1. The van der Waals surface area contributed by atoms with E-state index in [-0.39, 0.29) is 5.75 Å². The Balaban J connectivity index is 2.71. The van der Waals surface area contributed by atoms with Crippen LogP contribution in [0.5, 0.6) is 5.75 Å². The number of aliphatic hydroxyl groups is 1. The van der Waals surface area contributed by atoms with E-state index in [9.17, 15) is 4.79 Å². The number of hydrogen-bond donors (Lipinski definition) is 2. The van der Waals surface area contributed by atoms with Crippen LogP contribution in [-0.2, 0) is 9.53 Å². The number of aromatic hydroxyl groups is 1. The van der Waals surface area contributed by atoms with Crippen LogP contribution in [0.25, 0.3) is 0 Å². The predicted molar refractivity (Wildman–Crippen MR) is 58.6 cm³/mol. The molecule has 0 aromatic heterocycles. The highest BCUT2D eigenvalue weighted by Crippen LogP contribution is 2.08. The van der Waals surface area contributed by atoms with Gasteiger partial charge in [0.05, 0.1) is 13.7 Å². The Morgan fingerprint density at radius 1 is 1.50 bits per heavy atom. The molecule has 0 amide bonds. The van der Waals surface area contributed by atoms with Crippen LogP contribution < -0.4 is 0 Å². The number of ether oxygens (including phenoxy) is 1. The molecule has 0 unspecified atom stereocenters. The summed E-state index contributed by atoms with van der Waals surface area (Å²) in [7, 11) is 1.24. The van der Waals surface area contributed by atoms with Crippen molar-refractivity contribution < 1.29 is 19.7 Å². The average molecular weight is 223 g/mol. The van der Waals surface area contributed by atoms with E-state index >= 15 is 0 Å². The molecule has 5 nitrogen and oxygen atoms in total. The summed E-state index contributed by atoms with van der Waals surface area (Å²) in [6, 6.07) is 5.40. The van der Waals surface area contributed by atoms with Crippen molar-refractivity contribution in [2.75, 3.05) is 13.7 Å². The fourth-order valence-electron chi connectivity index (χ4n) is 1.05. The fraction of sp³-hybridized carbons (Fsp3) is 0.273. The second kappa shape index (κ2) is 5.87. The number of methoxy groups -OCH3 is 1. The van der Waals surface area contributed by atoms with E-state index in [1.807, 2.05) is 0 Å². The molecule has 1 aromatic rings. The summed E-state index contributed by atoms with van der Waals surface area (Å²) < 4.78 is 4.46. The first-order chi connectivity index (χ1) is 7.67. The Morgan fingerprint density at radius 3 is 2.62 bits per heavy atom. The zero-order chi connectivity index (χ0) is 12.0. The van der Waals surface area contributed by atoms with Gasteiger partial charge in [0, 0.05) is 6.21 Å². The third-order valence-corrected chi connectivity index (χ3v) is 1.94. The van der Waals surface area contributed by atoms with Crippen molar-refractivity contribution in [3.8, 4) is 5.75 Å². The molecule has 0 heterocycles. The lowest BCUT2D eigenvalue weighted by atomic mass is 10.2. The number of nitrogens with zero attached hydrogens (tertiary/aromatic N) is 1. The zero-order valence-electron chi connectivity index (χ0n) is 8.83. The summed E-state index contributed by atoms with van der Waals surface area (Å²) in [5, 5.41) is 17.9. The lowest BCUT2D eigenvalue weighted by Crippen LogP contribution is -2.24. The van der Waals surface area contributed by atoms with E-state index in [2.05, 4.69) is 9.73 Å². The molecule has 0 fully saturated rings. The Labute approximate surface area is 93.0 Å². The highest BCUT2D eigenvalue weighted by molar-refractivity contribution is 5.84. The largest absolute Gasteiger partial charge is 0.508 e. The molecule has 1 atom stereocenters. The van der Waals surface area contributed by atoms with Gasteiger partial charge in [0.15, 0.2) is 6.04 Å². The van der Waals surface area contributed by atoms with Gasteiger partial charge in [0.1, 0.15) is 5.75 Å². The van der Waals surface area contributed by atoms with E-state index in [1.165, 1.54) is 25.5 Å². The third-order valence-electron chi connectivity index (χ3n) is 1.94. The molecule has 1 aromatic carbocycles. The summed E-state index contributed by atoms with van der Waals surface area (Å²) in [4.78, 5) is 15.0. The standard InChI is InChI=1S/C11H13NO4/c1-16-11(15)10(7-13)12-6-8-2-4-9(14)5-3-8/h2-6,10,13-14H,7H2,1H3/t10-/m0/s1. The first-order valence-electron chi connectivity index (χ1n) is 4.68. The monoisotopic (exact) mass is 223 g/mol. The van der Waals surface area contributed by atoms with E-state index in [0.29, 0.717) is 0 Å². The summed E-state index contributed by atoms with van der Waals surface area (Å²) in [6.07, 6.45) is 1.44. The fourth-order valence-corrected chi connectivity index (χ4v) is 1.05. The summed E-state index contributed by atoms with van der Waals surface area (Å²) in [5.41, 5.74) is 0.722. The van der Waals surface area contributed by atoms with Crippen LogP contribution in [0.2, 0.25) is 0 Å². The minimum absolute atomic E-state index is 0.156. The van der Waals surface area contributed by atoms with Crippen LogP contribution in [0.15, 0.2) is 29.3 Å². The maximum Gasteiger partial charge on any atom is 0.332 e. The highest BCUT2D eigenvalue weighted by atomic mass is 16.5. The molecular formula is C11H13NO4. The first-order valence-corrected chi connectivity index (χ1v) is 4.68. The number of rotatable bonds is 4. The molecule has 0 radical (unpaired) electrons. The summed E-state index contributed by atoms with van der Waals surface area (Å²) >= 11 is 0. The number of carbonyl (C=O) groups excluding carboxylic acids is 1. The van der Waals surface area contributed by atoms with Crippen molar-refractivity contribution in [1.82, 2.24) is 0 Å². The van der Waals surface area contributed by atoms with Crippen molar-refractivity contribution in [1.29, 1.82) is 0 Å². The number of aliphatic hydroxyl groups excluding tert-OH is 1. The van der Waals surface area contributed by atoms with Crippen LogP contribution in [0.3, 0.4) is 0 Å². The molecule has 0 spiro atoms. The Bertz CT molecular complexity index is 372. The molecule has 1 rings (SSSR count). The molecular weight excluding hydrogens is 210 g/mol. The minimum Gasteiger partial charge on any atom is -0.508 e. The third kappa shape index (κ3) is 3.36. The molecule has 0 aliphatic rings. The second-order valence-corrected chi connectivity index (χ2v) is 3.09. The lowest BCUT2D eigenvalue weighted by molar-refractivity contribution is -0.142. The van der Waals surface area contributed by atoms with Gasteiger partial charge < -0.3 is 14.9 Å². The molecule has 0 bridgehead atoms. The van der Waals surface area contributed by atoms with Crippen molar-refractivity contribution in [2.24, 2.45) is 4.99 Å². The molecule has 0 aliphatic heterocycles. The van der Waals surface area contributed by atoms with E-state index in [1.54, 1.807) is 12.1 Å². The van der Waals surface area contributed by atoms with Gasteiger partial charge in [0.25, 0.3) is 0 Å². The summed E-state index contributed by atoms with van der Waals surface area (Å²) in [6.45, 7) is -0.402. The van der Waals surface area contributed by atoms with Crippen molar-refractivity contribution in [2.45, 2.75) is 6.04 Å². The van der Waals surface area contributed by atoms with Gasteiger partial charge in [0.2, 0.25) is 0 Å². The predicted octanol–water partition coefficient (Wildman–Crippen LogP) is 0.345. The van der Waals surface area contributed by atoms with Crippen molar-refractivity contribution in [3.05, 3.63) is 29.8 Å². The Hall–Kier alpha value is -1.88. The number of phenols is 1. The van der Waals surface area contributed by atoms with E-state index in [0.717, 1.165) is 5.56 Å². The van der Waals surface area contributed by atoms with Crippen LogP contribution in [0, 0.1) is 0 Å². The SMILES string of the molecule is COC(=O)[C@H](CO)N=Cc1ccc(O)cc1. The Kier molecular flexibility index (Phi) is 4.47. The maximum absolute atomic E-state index is 11.1. The number of aliphatic imine (C=N–C) groups is 1. The molecule has 0 saturated heterocycles. The highest BCUT2D eigenvalue weighted by Gasteiger charge is 2.15. The van der Waals surface area contributed by atoms with Gasteiger partial charge >= 0.3 is 5.97 Å². The van der Waals surface area contributed by atoms with Gasteiger partial charge in [-0.25, -0.2) is 4.79 Å². The normalized spacial score (nSPS) is 12.6. The van der Waals surface area contributed by atoms with Gasteiger partial charge in [-0.1, -0.05) is 0 Å². The van der Waals surface area contributed by atoms with Gasteiger partial charge in [-0.3, -0.25) is 4.99 Å². The second-order valence-electron chi connectivity index (χ2n) is 3.09. The number of esters is 1. The summed E-state index contributed by atoms with van der Waals surface area (Å²) in [5.74, 6) is -0.429. The van der Waals surface area contributed by atoms with Gasteiger partial charge in [-0.15, -0.1) is 0 Å². The lowest BCUT2D eigenvalue weighted by Gasteiger charge is -2.05. The van der Waals surface area contributed by atoms with Crippen LogP contribution >= 0.6 is 0 Å². The smallest absolute Gasteiger partial charge is 0.332 e. The van der Waals surface area contributed by atoms with Gasteiger partial charge in [-0.2, -0.15) is 0 Å². The molecule has 2 N–H and O–H groups in total. The van der Waals surface area contributed by atoms with Gasteiger partial charge in [-0.05, 0) is 29.8 Å². The number of hydrogen-bond acceptors (Lipinski definition) is 5. The quantitative estimate of drug-likeness (QED) is 0.570. The van der Waals surface area contributed by atoms with Crippen molar-refractivity contribution in [3.63, 3.8) is 0 Å². The molecule has 0 saturated carbocycles. The molecule has 16 heavy (non-hydrogen) atoms. The maximum atomic E-state index is 11.1. The Morgan fingerprint density at radius 2 is 2.12 bits per heavy atom. The molecule has 0 aliphatic carbocycles.